The highest BCUT2D eigenvalue weighted by Crippen LogP contribution is 2.33. The Morgan fingerprint density at radius 2 is 1.94 bits per heavy atom. The fraction of sp³-hybridized carbons (Fsp3) is 0.120. The van der Waals surface area contributed by atoms with Crippen molar-refractivity contribution in [2.75, 3.05) is 7.11 Å². The first-order chi connectivity index (χ1) is 15.9. The van der Waals surface area contributed by atoms with Crippen LogP contribution in [-0.4, -0.2) is 18.2 Å². The summed E-state index contributed by atoms with van der Waals surface area (Å²) in [5.74, 6) is 0.391. The number of rotatable bonds is 6. The Hall–Kier alpha value is -3.29. The summed E-state index contributed by atoms with van der Waals surface area (Å²) >= 11 is 7.40. The molecule has 1 aliphatic rings. The topological polar surface area (TPSA) is 59.9 Å². The van der Waals surface area contributed by atoms with E-state index in [-0.39, 0.29) is 18.3 Å². The molecule has 33 heavy (non-hydrogen) atoms. The number of benzene rings is 3. The first kappa shape index (κ1) is 22.9. The number of thioether (sulfide) groups is 1. The zero-order valence-corrected chi connectivity index (χ0v) is 19.5. The van der Waals surface area contributed by atoms with Crippen molar-refractivity contribution in [3.8, 4) is 11.5 Å². The number of carbonyl (C=O) groups excluding carboxylic acids is 1. The Morgan fingerprint density at radius 3 is 2.73 bits per heavy atom. The largest absolute Gasteiger partial charge is 0.493 e. The molecule has 0 radical (unpaired) electrons. The minimum absolute atomic E-state index is 0.0739. The molecule has 1 aliphatic heterocycles. The summed E-state index contributed by atoms with van der Waals surface area (Å²) in [5, 5.41) is 3.87. The maximum atomic E-state index is 13.8. The number of hydrogen-bond donors (Lipinski definition) is 1. The number of halogens is 2. The summed E-state index contributed by atoms with van der Waals surface area (Å²) in [5.41, 5.74) is 2.74. The lowest BCUT2D eigenvalue weighted by Crippen LogP contribution is -2.19. The van der Waals surface area contributed by atoms with Crippen molar-refractivity contribution in [3.63, 3.8) is 0 Å². The van der Waals surface area contributed by atoms with E-state index in [9.17, 15) is 9.18 Å². The van der Waals surface area contributed by atoms with Gasteiger partial charge in [-0.3, -0.25) is 4.79 Å². The summed E-state index contributed by atoms with van der Waals surface area (Å²) < 4.78 is 25.0. The third-order valence-electron chi connectivity index (χ3n) is 4.94. The van der Waals surface area contributed by atoms with Gasteiger partial charge in [0.05, 0.1) is 17.7 Å². The van der Waals surface area contributed by atoms with Gasteiger partial charge in [0.2, 0.25) is 0 Å². The van der Waals surface area contributed by atoms with Gasteiger partial charge in [-0.2, -0.15) is 0 Å². The van der Waals surface area contributed by atoms with Crippen molar-refractivity contribution in [1.29, 1.82) is 0 Å². The first-order valence-corrected chi connectivity index (χ1v) is 11.2. The number of nitrogens with one attached hydrogen (secondary N) is 1. The minimum atomic E-state index is -0.326. The van der Waals surface area contributed by atoms with Crippen LogP contribution in [0.25, 0.3) is 6.08 Å². The Bertz CT molecular complexity index is 1280. The van der Waals surface area contributed by atoms with Crippen LogP contribution in [0.5, 0.6) is 11.5 Å². The van der Waals surface area contributed by atoms with E-state index in [1.54, 1.807) is 48.5 Å². The molecule has 0 atom stereocenters. The minimum Gasteiger partial charge on any atom is -0.493 e. The Balaban J connectivity index is 1.51. The van der Waals surface area contributed by atoms with Crippen molar-refractivity contribution >= 4 is 46.2 Å². The van der Waals surface area contributed by atoms with Gasteiger partial charge in [0, 0.05) is 10.6 Å². The van der Waals surface area contributed by atoms with E-state index >= 15 is 0 Å². The zero-order chi connectivity index (χ0) is 23.4. The van der Waals surface area contributed by atoms with Crippen LogP contribution in [0.1, 0.15) is 16.7 Å². The molecule has 5 nitrogen and oxygen atoms in total. The van der Waals surface area contributed by atoms with E-state index in [0.717, 1.165) is 11.1 Å². The highest BCUT2D eigenvalue weighted by atomic mass is 35.5. The molecular weight excluding hydrogens is 463 g/mol. The molecule has 1 N–H and O–H groups in total. The molecule has 168 valence electrons. The van der Waals surface area contributed by atoms with Crippen LogP contribution in [0.15, 0.2) is 70.6 Å². The monoisotopic (exact) mass is 482 g/mol. The molecule has 0 spiro atoms. The Labute approximate surface area is 200 Å². The molecule has 0 aromatic heterocycles. The number of amides is 1. The quantitative estimate of drug-likeness (QED) is 0.421. The second kappa shape index (κ2) is 10.1. The van der Waals surface area contributed by atoms with Gasteiger partial charge in [0.1, 0.15) is 12.4 Å². The van der Waals surface area contributed by atoms with E-state index in [2.05, 4.69) is 10.3 Å². The van der Waals surface area contributed by atoms with E-state index in [1.807, 2.05) is 19.1 Å². The molecule has 0 bridgehead atoms. The summed E-state index contributed by atoms with van der Waals surface area (Å²) in [4.78, 5) is 17.5. The van der Waals surface area contributed by atoms with E-state index in [1.165, 1.54) is 24.9 Å². The predicted molar refractivity (Wildman–Crippen MR) is 131 cm³/mol. The van der Waals surface area contributed by atoms with Crippen LogP contribution < -0.4 is 14.8 Å². The normalized spacial score (nSPS) is 15.7. The number of hydrogen-bond acceptors (Lipinski definition) is 5. The highest BCUT2D eigenvalue weighted by Gasteiger charge is 2.24. The number of nitrogens with zero attached hydrogens (tertiary/aromatic N) is 1. The molecule has 1 saturated heterocycles. The number of ether oxygens (including phenoxy) is 2. The van der Waals surface area contributed by atoms with Crippen molar-refractivity contribution in [2.45, 2.75) is 13.5 Å². The van der Waals surface area contributed by atoms with Crippen molar-refractivity contribution in [3.05, 3.63) is 93.1 Å². The van der Waals surface area contributed by atoms with Gasteiger partial charge in [-0.15, -0.1) is 0 Å². The molecule has 3 aromatic rings. The van der Waals surface area contributed by atoms with E-state index in [4.69, 9.17) is 21.1 Å². The van der Waals surface area contributed by atoms with Crippen LogP contribution in [0, 0.1) is 12.7 Å². The van der Waals surface area contributed by atoms with E-state index < -0.39 is 0 Å². The molecule has 1 heterocycles. The number of methoxy groups -OCH3 is 1. The van der Waals surface area contributed by atoms with Crippen molar-refractivity contribution in [2.24, 2.45) is 4.99 Å². The van der Waals surface area contributed by atoms with Crippen LogP contribution in [-0.2, 0) is 11.4 Å². The highest BCUT2D eigenvalue weighted by molar-refractivity contribution is 8.18. The van der Waals surface area contributed by atoms with Crippen molar-refractivity contribution < 1.29 is 18.7 Å². The molecular formula is C25H20ClFN2O3S. The van der Waals surface area contributed by atoms with Gasteiger partial charge in [0.15, 0.2) is 16.7 Å². The van der Waals surface area contributed by atoms with E-state index in [0.29, 0.717) is 37.8 Å². The molecule has 4 rings (SSSR count). The van der Waals surface area contributed by atoms with Gasteiger partial charge in [-0.05, 0) is 66.2 Å². The number of amidine groups is 1. The van der Waals surface area contributed by atoms with Crippen LogP contribution >= 0.6 is 23.4 Å². The van der Waals surface area contributed by atoms with Gasteiger partial charge in [-0.25, -0.2) is 9.38 Å². The van der Waals surface area contributed by atoms with Crippen LogP contribution in [0.4, 0.5) is 10.1 Å². The second-order valence-corrected chi connectivity index (χ2v) is 8.59. The SMILES string of the molecule is COc1cc(/C=C2/SC(=Nc3cccc(Cl)c3C)NC2=O)ccc1OCc1ccccc1F. The van der Waals surface area contributed by atoms with Crippen molar-refractivity contribution in [1.82, 2.24) is 5.32 Å². The summed E-state index contributed by atoms with van der Waals surface area (Å²) in [6.45, 7) is 1.95. The van der Waals surface area contributed by atoms with Gasteiger partial charge < -0.3 is 14.8 Å². The maximum Gasteiger partial charge on any atom is 0.264 e. The summed E-state index contributed by atoms with van der Waals surface area (Å²) in [6, 6.07) is 17.2. The molecule has 3 aromatic carbocycles. The third kappa shape index (κ3) is 5.38. The standard InChI is InChI=1S/C25H20ClFN2O3S/c1-15-18(26)7-5-9-20(15)28-25-29-24(30)23(33-25)13-16-10-11-21(22(12-16)31-2)32-14-17-6-3-4-8-19(17)27/h3-13H,14H2,1-2H3,(H,28,29,30)/b23-13+. The maximum absolute atomic E-state index is 13.8. The van der Waals surface area contributed by atoms with Crippen LogP contribution in [0.2, 0.25) is 5.02 Å². The molecule has 0 saturated carbocycles. The summed E-state index contributed by atoms with van der Waals surface area (Å²) in [7, 11) is 1.53. The average Bonchev–Trinajstić information content (AvgIpc) is 3.15. The zero-order valence-electron chi connectivity index (χ0n) is 17.9. The van der Waals surface area contributed by atoms with Gasteiger partial charge >= 0.3 is 0 Å². The molecule has 1 amide bonds. The van der Waals surface area contributed by atoms with Gasteiger partial charge in [0.25, 0.3) is 5.91 Å². The predicted octanol–water partition coefficient (Wildman–Crippen LogP) is 6.27. The molecule has 0 aliphatic carbocycles. The second-order valence-electron chi connectivity index (χ2n) is 7.16. The number of carbonyl (C=O) groups is 1. The fourth-order valence-electron chi connectivity index (χ4n) is 3.12. The molecule has 0 unspecified atom stereocenters. The Kier molecular flexibility index (Phi) is 7.01. The summed E-state index contributed by atoms with van der Waals surface area (Å²) in [6.07, 6.45) is 1.75. The Morgan fingerprint density at radius 1 is 1.12 bits per heavy atom. The smallest absolute Gasteiger partial charge is 0.264 e. The first-order valence-electron chi connectivity index (χ1n) is 10.0. The fourth-order valence-corrected chi connectivity index (χ4v) is 4.13. The molecule has 1 fully saturated rings. The van der Waals surface area contributed by atoms with Gasteiger partial charge in [-0.1, -0.05) is 41.9 Å². The third-order valence-corrected chi connectivity index (χ3v) is 6.26. The lowest BCUT2D eigenvalue weighted by molar-refractivity contribution is -0.115. The average molecular weight is 483 g/mol. The lowest BCUT2D eigenvalue weighted by Gasteiger charge is -2.12. The number of aliphatic imine (C=N–C) groups is 1. The molecule has 8 heteroatoms. The lowest BCUT2D eigenvalue weighted by atomic mass is 10.2. The van der Waals surface area contributed by atoms with Crippen LogP contribution in [0.3, 0.4) is 0 Å².